The van der Waals surface area contributed by atoms with Gasteiger partial charge in [0.25, 0.3) is 12.3 Å². The minimum Gasteiger partial charge on any atom is -0.368 e. The third-order valence-corrected chi connectivity index (χ3v) is 7.01. The van der Waals surface area contributed by atoms with Crippen molar-refractivity contribution in [2.45, 2.75) is 19.4 Å². The largest absolute Gasteiger partial charge is 0.368 e. The third kappa shape index (κ3) is 5.01. The first kappa shape index (κ1) is 25.4. The van der Waals surface area contributed by atoms with E-state index in [2.05, 4.69) is 20.6 Å². The second kappa shape index (κ2) is 10.3. The molecule has 0 radical (unpaired) electrons. The molecule has 1 amide bonds. The first-order valence-corrected chi connectivity index (χ1v) is 12.5. The molecular formula is C25H25Cl2F2N7O. The molecule has 2 aliphatic heterocycles. The number of hydrogen-bond acceptors (Lipinski definition) is 7. The van der Waals surface area contributed by atoms with Crippen molar-refractivity contribution in [3.63, 3.8) is 0 Å². The maximum absolute atomic E-state index is 14.0. The molecule has 1 fully saturated rings. The van der Waals surface area contributed by atoms with E-state index < -0.39 is 6.43 Å². The molecule has 12 heteroatoms. The zero-order valence-electron chi connectivity index (χ0n) is 20.2. The molecule has 5 rings (SSSR count). The number of alkyl halides is 2. The Bertz CT molecular complexity index is 1320. The molecule has 0 bridgehead atoms. The van der Waals surface area contributed by atoms with Gasteiger partial charge in [-0.2, -0.15) is 4.98 Å². The lowest BCUT2D eigenvalue weighted by atomic mass is 10.1. The van der Waals surface area contributed by atoms with Gasteiger partial charge in [0, 0.05) is 55.9 Å². The second-order valence-corrected chi connectivity index (χ2v) is 9.89. The Morgan fingerprint density at radius 2 is 1.95 bits per heavy atom. The molecule has 194 valence electrons. The van der Waals surface area contributed by atoms with Crippen LogP contribution < -0.4 is 25.3 Å². The van der Waals surface area contributed by atoms with Crippen LogP contribution in [0, 0.1) is 0 Å². The van der Waals surface area contributed by atoms with Crippen molar-refractivity contribution in [3.8, 4) is 0 Å². The molecule has 3 aromatic rings. The zero-order chi connectivity index (χ0) is 26.3. The fourth-order valence-corrected chi connectivity index (χ4v) is 5.26. The molecule has 1 saturated heterocycles. The maximum Gasteiger partial charge on any atom is 0.265 e. The Morgan fingerprint density at radius 1 is 1.19 bits per heavy atom. The topological polar surface area (TPSA) is 76.6 Å². The number of para-hydroxylation sites is 1. The summed E-state index contributed by atoms with van der Waals surface area (Å²) >= 11 is 12.6. The normalized spacial score (nSPS) is 17.9. The van der Waals surface area contributed by atoms with Gasteiger partial charge in [0.05, 0.1) is 22.4 Å². The summed E-state index contributed by atoms with van der Waals surface area (Å²) in [6.45, 7) is 4.23. The van der Waals surface area contributed by atoms with Gasteiger partial charge >= 0.3 is 0 Å². The third-order valence-electron chi connectivity index (χ3n) is 6.40. The molecule has 1 atom stereocenters. The summed E-state index contributed by atoms with van der Waals surface area (Å²) in [6, 6.07) is 10.1. The molecule has 2 aromatic carbocycles. The smallest absolute Gasteiger partial charge is 0.265 e. The predicted molar refractivity (Wildman–Crippen MR) is 143 cm³/mol. The standard InChI is InChI=1S/C25H25Cl2F2N7O/c1-14-12-35(9-8-30-14)20-7-6-15(10-16(20)22(28)29)32-25-31-11-17-23(33-25)34(2)13-36(24(17)37)21-18(26)4-3-5-19(21)27/h3-7,10-11,14,22,30H,8-9,12-13H2,1-2H3,(H,31,32,33)/t14-/m1/s1. The van der Waals surface area contributed by atoms with Crippen LogP contribution >= 0.6 is 23.2 Å². The van der Waals surface area contributed by atoms with Gasteiger partial charge < -0.3 is 20.4 Å². The number of aromatic nitrogens is 2. The number of benzene rings is 2. The van der Waals surface area contributed by atoms with Crippen LogP contribution in [0.5, 0.6) is 0 Å². The van der Waals surface area contributed by atoms with E-state index in [1.807, 2.05) is 11.8 Å². The van der Waals surface area contributed by atoms with E-state index >= 15 is 0 Å². The van der Waals surface area contributed by atoms with Crippen molar-refractivity contribution < 1.29 is 13.6 Å². The molecule has 0 spiro atoms. The Balaban J connectivity index is 1.41. The molecule has 8 nitrogen and oxygen atoms in total. The maximum atomic E-state index is 14.0. The van der Waals surface area contributed by atoms with E-state index in [1.54, 1.807) is 42.3 Å². The average molecular weight is 548 g/mol. The quantitative estimate of drug-likeness (QED) is 0.447. The van der Waals surface area contributed by atoms with Crippen molar-refractivity contribution in [3.05, 3.63) is 63.8 Å². The van der Waals surface area contributed by atoms with Gasteiger partial charge in [-0.05, 0) is 37.3 Å². The fraction of sp³-hybridized carbons (Fsp3) is 0.320. The van der Waals surface area contributed by atoms with Crippen LogP contribution in [-0.4, -0.2) is 55.3 Å². The second-order valence-electron chi connectivity index (χ2n) is 9.07. The minimum absolute atomic E-state index is 0.0587. The number of anilines is 5. The number of carbonyl (C=O) groups is 1. The van der Waals surface area contributed by atoms with Gasteiger partial charge in [0.2, 0.25) is 5.95 Å². The number of fused-ring (bicyclic) bond motifs is 1. The predicted octanol–water partition coefficient (Wildman–Crippen LogP) is 5.32. The van der Waals surface area contributed by atoms with Crippen molar-refractivity contribution in [1.82, 2.24) is 15.3 Å². The van der Waals surface area contributed by atoms with Crippen molar-refractivity contribution in [1.29, 1.82) is 0 Å². The van der Waals surface area contributed by atoms with Crippen molar-refractivity contribution in [2.24, 2.45) is 0 Å². The number of halogens is 4. The fourth-order valence-electron chi connectivity index (χ4n) is 4.66. The van der Waals surface area contributed by atoms with E-state index in [4.69, 9.17) is 23.2 Å². The Kier molecular flexibility index (Phi) is 7.06. The van der Waals surface area contributed by atoms with E-state index in [0.29, 0.717) is 46.0 Å². The van der Waals surface area contributed by atoms with Crippen LogP contribution in [0.3, 0.4) is 0 Å². The number of piperazine rings is 1. The van der Waals surface area contributed by atoms with E-state index in [9.17, 15) is 13.6 Å². The van der Waals surface area contributed by atoms with E-state index in [0.717, 1.165) is 6.54 Å². The highest BCUT2D eigenvalue weighted by molar-refractivity contribution is 6.40. The lowest BCUT2D eigenvalue weighted by Gasteiger charge is -2.35. The summed E-state index contributed by atoms with van der Waals surface area (Å²) in [5.74, 6) is 0.248. The monoisotopic (exact) mass is 547 g/mol. The van der Waals surface area contributed by atoms with Crippen LogP contribution in [0.2, 0.25) is 10.0 Å². The molecule has 0 unspecified atom stereocenters. The summed E-state index contributed by atoms with van der Waals surface area (Å²) < 4.78 is 28.0. The van der Waals surface area contributed by atoms with Gasteiger partial charge in [-0.25, -0.2) is 13.8 Å². The Hall–Kier alpha value is -3.21. The van der Waals surface area contributed by atoms with Crippen LogP contribution in [0.15, 0.2) is 42.6 Å². The molecule has 2 aliphatic rings. The van der Waals surface area contributed by atoms with Crippen molar-refractivity contribution in [2.75, 3.05) is 53.4 Å². The lowest BCUT2D eigenvalue weighted by molar-refractivity contribution is 0.0982. The van der Waals surface area contributed by atoms with Crippen molar-refractivity contribution >= 4 is 57.9 Å². The summed E-state index contributed by atoms with van der Waals surface area (Å²) in [7, 11) is 1.78. The molecule has 1 aromatic heterocycles. The van der Waals surface area contributed by atoms with Crippen LogP contribution in [0.1, 0.15) is 29.3 Å². The number of rotatable bonds is 5. The first-order valence-electron chi connectivity index (χ1n) is 11.7. The summed E-state index contributed by atoms with van der Waals surface area (Å²) in [4.78, 5) is 27.2. The number of hydrogen-bond donors (Lipinski definition) is 2. The minimum atomic E-state index is -2.64. The lowest BCUT2D eigenvalue weighted by Crippen LogP contribution is -2.49. The SMILES string of the molecule is C[C@@H]1CN(c2ccc(Nc3ncc4c(n3)N(C)CN(c3c(Cl)cccc3Cl)C4=O)cc2C(F)F)CCN1. The van der Waals surface area contributed by atoms with E-state index in [-0.39, 0.29) is 35.7 Å². The summed E-state index contributed by atoms with van der Waals surface area (Å²) in [5, 5.41) is 7.03. The molecule has 0 aliphatic carbocycles. The van der Waals surface area contributed by atoms with Gasteiger partial charge in [-0.15, -0.1) is 0 Å². The summed E-state index contributed by atoms with van der Waals surface area (Å²) in [5.41, 5.74) is 1.57. The van der Waals surface area contributed by atoms with Crippen LogP contribution in [0.25, 0.3) is 0 Å². The molecule has 3 heterocycles. The highest BCUT2D eigenvalue weighted by atomic mass is 35.5. The Labute approximate surface area is 223 Å². The number of amides is 1. The number of nitrogens with one attached hydrogen (secondary N) is 2. The number of nitrogens with zero attached hydrogens (tertiary/aromatic N) is 5. The number of carbonyl (C=O) groups excluding carboxylic acids is 1. The van der Waals surface area contributed by atoms with E-state index in [1.165, 1.54) is 17.2 Å². The summed E-state index contributed by atoms with van der Waals surface area (Å²) in [6.07, 6.45) is -1.23. The Morgan fingerprint density at radius 3 is 2.65 bits per heavy atom. The highest BCUT2D eigenvalue weighted by Crippen LogP contribution is 2.38. The molecule has 37 heavy (non-hydrogen) atoms. The zero-order valence-corrected chi connectivity index (χ0v) is 21.7. The van der Waals surface area contributed by atoms with Crippen LogP contribution in [-0.2, 0) is 0 Å². The highest BCUT2D eigenvalue weighted by Gasteiger charge is 2.33. The average Bonchev–Trinajstić information content (AvgIpc) is 2.86. The molecule has 0 saturated carbocycles. The van der Waals surface area contributed by atoms with Crippen LogP contribution in [0.4, 0.5) is 37.6 Å². The van der Waals surface area contributed by atoms with Gasteiger partial charge in [-0.3, -0.25) is 9.69 Å². The molecular weight excluding hydrogens is 523 g/mol. The molecule has 2 N–H and O–H groups in total. The van der Waals surface area contributed by atoms with Gasteiger partial charge in [-0.1, -0.05) is 29.3 Å². The van der Waals surface area contributed by atoms with Gasteiger partial charge in [0.1, 0.15) is 11.4 Å². The van der Waals surface area contributed by atoms with Gasteiger partial charge in [0.15, 0.2) is 0 Å². The first-order chi connectivity index (χ1) is 17.7.